The number of pyridine rings is 1. The summed E-state index contributed by atoms with van der Waals surface area (Å²) in [5, 5.41) is 8.29. The van der Waals surface area contributed by atoms with Gasteiger partial charge in [-0.15, -0.1) is 0 Å². The molecular formula is C20H23F3N2O4. The molecule has 2 heterocycles. The second-order valence-electron chi connectivity index (χ2n) is 7.24. The molecule has 9 heteroatoms. The van der Waals surface area contributed by atoms with Gasteiger partial charge in [-0.05, 0) is 44.7 Å². The molecule has 4 rings (SSSR count). The number of nitrogens with zero attached hydrogens (tertiary/aromatic N) is 2. The number of rotatable bonds is 3. The first-order valence-electron chi connectivity index (χ1n) is 9.22. The van der Waals surface area contributed by atoms with Gasteiger partial charge in [0.25, 0.3) is 0 Å². The van der Waals surface area contributed by atoms with Crippen LogP contribution in [0.3, 0.4) is 0 Å². The molecule has 1 N–H and O–H groups in total. The largest absolute Gasteiger partial charge is 0.497 e. The van der Waals surface area contributed by atoms with E-state index in [4.69, 9.17) is 24.4 Å². The minimum atomic E-state index is -5.08. The van der Waals surface area contributed by atoms with Gasteiger partial charge in [0.1, 0.15) is 17.0 Å². The van der Waals surface area contributed by atoms with Crippen molar-refractivity contribution in [3.63, 3.8) is 0 Å². The van der Waals surface area contributed by atoms with Crippen molar-refractivity contribution < 1.29 is 32.5 Å². The van der Waals surface area contributed by atoms with Crippen molar-refractivity contribution in [2.24, 2.45) is 0 Å². The summed E-state index contributed by atoms with van der Waals surface area (Å²) in [6.07, 6.45) is -1.40. The van der Waals surface area contributed by atoms with E-state index in [9.17, 15) is 13.2 Å². The summed E-state index contributed by atoms with van der Waals surface area (Å²) in [5.74, 6) is -1.14. The quantitative estimate of drug-likeness (QED) is 0.818. The summed E-state index contributed by atoms with van der Waals surface area (Å²) in [4.78, 5) is 16.3. The second-order valence-corrected chi connectivity index (χ2v) is 7.24. The van der Waals surface area contributed by atoms with E-state index in [-0.39, 0.29) is 0 Å². The summed E-state index contributed by atoms with van der Waals surface area (Å²) in [6, 6.07) is 5.27. The molecule has 0 saturated heterocycles. The lowest BCUT2D eigenvalue weighted by molar-refractivity contribution is -0.192. The Morgan fingerprint density at radius 1 is 1.24 bits per heavy atom. The number of ether oxygens (including phenoxy) is 2. The maximum absolute atomic E-state index is 10.6. The summed E-state index contributed by atoms with van der Waals surface area (Å²) >= 11 is 0. The summed E-state index contributed by atoms with van der Waals surface area (Å²) in [5.41, 5.74) is 4.82. The molecule has 0 spiro atoms. The van der Waals surface area contributed by atoms with Crippen LogP contribution in [0.15, 0.2) is 12.1 Å². The number of fused-ring (bicyclic) bond motifs is 3. The van der Waals surface area contributed by atoms with Crippen LogP contribution in [0, 0.1) is 6.92 Å². The number of aliphatic carboxylic acids is 1. The number of benzene rings is 1. The van der Waals surface area contributed by atoms with Gasteiger partial charge in [0, 0.05) is 29.2 Å². The van der Waals surface area contributed by atoms with Crippen molar-refractivity contribution in [1.29, 1.82) is 0 Å². The van der Waals surface area contributed by atoms with Gasteiger partial charge in [0.15, 0.2) is 0 Å². The predicted octanol–water partition coefficient (Wildman–Crippen LogP) is 4.11. The molecule has 1 unspecified atom stereocenters. The highest BCUT2D eigenvalue weighted by molar-refractivity contribution is 5.99. The molecule has 1 saturated carbocycles. The minimum absolute atomic E-state index is 0.547. The Morgan fingerprint density at radius 3 is 2.34 bits per heavy atom. The van der Waals surface area contributed by atoms with Crippen molar-refractivity contribution in [3.05, 3.63) is 23.4 Å². The van der Waals surface area contributed by atoms with Crippen LogP contribution in [0.4, 0.5) is 18.9 Å². The molecule has 158 valence electrons. The summed E-state index contributed by atoms with van der Waals surface area (Å²) in [6.45, 7) is 4.44. The van der Waals surface area contributed by atoms with Gasteiger partial charge in [0.05, 0.1) is 19.9 Å². The van der Waals surface area contributed by atoms with Gasteiger partial charge in [-0.25, -0.2) is 9.78 Å². The normalized spacial score (nSPS) is 18.2. The highest BCUT2D eigenvalue weighted by Gasteiger charge is 2.40. The molecule has 0 bridgehead atoms. The Hall–Kier alpha value is -2.71. The molecular weight excluding hydrogens is 389 g/mol. The third-order valence-corrected chi connectivity index (χ3v) is 5.18. The van der Waals surface area contributed by atoms with Gasteiger partial charge < -0.3 is 19.5 Å². The molecule has 0 radical (unpaired) electrons. The van der Waals surface area contributed by atoms with Crippen molar-refractivity contribution in [2.75, 3.05) is 19.1 Å². The van der Waals surface area contributed by atoms with Gasteiger partial charge in [-0.1, -0.05) is 0 Å². The fourth-order valence-corrected chi connectivity index (χ4v) is 3.77. The van der Waals surface area contributed by atoms with Crippen LogP contribution in [0.2, 0.25) is 0 Å². The molecule has 1 aliphatic heterocycles. The van der Waals surface area contributed by atoms with Crippen molar-refractivity contribution >= 4 is 22.6 Å². The van der Waals surface area contributed by atoms with E-state index in [2.05, 4.69) is 24.8 Å². The smallest absolute Gasteiger partial charge is 0.490 e. The number of hydrogen-bond donors (Lipinski definition) is 1. The molecule has 0 amide bonds. The minimum Gasteiger partial charge on any atom is -0.497 e. The molecule has 1 aromatic carbocycles. The highest BCUT2D eigenvalue weighted by atomic mass is 19.4. The fraction of sp³-hybridized carbons (Fsp3) is 0.500. The third-order valence-electron chi connectivity index (χ3n) is 5.18. The maximum Gasteiger partial charge on any atom is 0.490 e. The Balaban J connectivity index is 0.000000298. The monoisotopic (exact) mass is 412 g/mol. The number of alkyl halides is 3. The summed E-state index contributed by atoms with van der Waals surface area (Å²) in [7, 11) is 3.39. The van der Waals surface area contributed by atoms with E-state index in [0.717, 1.165) is 34.5 Å². The SMILES string of the molecule is COc1cc(OC)c2nc(C)c3c(c2c1)N(C1CC1)C(C)C3.O=C(O)C(F)(F)F. The maximum atomic E-state index is 10.6. The Labute approximate surface area is 166 Å². The number of aromatic nitrogens is 1. The van der Waals surface area contributed by atoms with E-state index in [1.165, 1.54) is 24.1 Å². The first-order chi connectivity index (χ1) is 13.6. The molecule has 29 heavy (non-hydrogen) atoms. The molecule has 1 atom stereocenters. The fourth-order valence-electron chi connectivity index (χ4n) is 3.77. The van der Waals surface area contributed by atoms with Crippen LogP contribution in [0.25, 0.3) is 10.9 Å². The molecule has 6 nitrogen and oxygen atoms in total. The highest BCUT2D eigenvalue weighted by Crippen LogP contribution is 2.47. The summed E-state index contributed by atoms with van der Waals surface area (Å²) < 4.78 is 42.8. The number of carboxylic acids is 1. The number of carbonyl (C=O) groups is 1. The van der Waals surface area contributed by atoms with Crippen LogP contribution < -0.4 is 14.4 Å². The van der Waals surface area contributed by atoms with Crippen LogP contribution >= 0.6 is 0 Å². The zero-order valence-electron chi connectivity index (χ0n) is 16.6. The number of aryl methyl sites for hydroxylation is 1. The van der Waals surface area contributed by atoms with Crippen LogP contribution in [-0.2, 0) is 11.2 Å². The molecule has 2 aromatic rings. The molecule has 1 fully saturated rings. The Kier molecular flexibility index (Phi) is 5.51. The van der Waals surface area contributed by atoms with E-state index < -0.39 is 12.1 Å². The third kappa shape index (κ3) is 4.04. The van der Waals surface area contributed by atoms with Crippen LogP contribution in [0.1, 0.15) is 31.0 Å². The van der Waals surface area contributed by atoms with Gasteiger partial charge in [0.2, 0.25) is 0 Å². The zero-order valence-corrected chi connectivity index (χ0v) is 16.6. The first kappa shape index (κ1) is 21.0. The first-order valence-corrected chi connectivity index (χ1v) is 9.22. The lowest BCUT2D eigenvalue weighted by atomic mass is 10.0. The van der Waals surface area contributed by atoms with Crippen LogP contribution in [-0.4, -0.2) is 48.5 Å². The number of methoxy groups -OCH3 is 2. The van der Waals surface area contributed by atoms with E-state index in [0.29, 0.717) is 12.1 Å². The van der Waals surface area contributed by atoms with Crippen molar-refractivity contribution in [2.45, 2.75) is 51.4 Å². The lowest BCUT2D eigenvalue weighted by Crippen LogP contribution is -2.31. The molecule has 2 aliphatic rings. The average molecular weight is 412 g/mol. The Morgan fingerprint density at radius 2 is 1.86 bits per heavy atom. The molecule has 1 aliphatic carbocycles. The van der Waals surface area contributed by atoms with E-state index in [1.54, 1.807) is 14.2 Å². The zero-order chi connectivity index (χ0) is 21.5. The van der Waals surface area contributed by atoms with Gasteiger partial charge >= 0.3 is 12.1 Å². The van der Waals surface area contributed by atoms with E-state index in [1.807, 2.05) is 6.07 Å². The van der Waals surface area contributed by atoms with Gasteiger partial charge in [-0.2, -0.15) is 13.2 Å². The average Bonchev–Trinajstić information content (AvgIpc) is 3.42. The number of halogens is 3. The number of hydrogen-bond acceptors (Lipinski definition) is 5. The lowest BCUT2D eigenvalue weighted by Gasteiger charge is -2.26. The Bertz CT molecular complexity index is 942. The predicted molar refractivity (Wildman–Crippen MR) is 102 cm³/mol. The van der Waals surface area contributed by atoms with Crippen LogP contribution in [0.5, 0.6) is 11.5 Å². The van der Waals surface area contributed by atoms with Crippen molar-refractivity contribution in [1.82, 2.24) is 4.98 Å². The molecule has 1 aromatic heterocycles. The van der Waals surface area contributed by atoms with E-state index >= 15 is 0 Å². The van der Waals surface area contributed by atoms with Crippen molar-refractivity contribution in [3.8, 4) is 11.5 Å². The second kappa shape index (κ2) is 7.61. The van der Waals surface area contributed by atoms with Gasteiger partial charge in [-0.3, -0.25) is 0 Å². The topological polar surface area (TPSA) is 71.9 Å². The number of carboxylic acid groups (broad SMARTS) is 1. The standard InChI is InChI=1S/C18H22N2O2.C2HF3O2/c1-10-7-14-11(2)19-17-15(18(14)20(10)12-5-6-12)8-13(21-3)9-16(17)22-4;3-2(4,5)1(6)7/h8-10,12H,5-7H2,1-4H3;(H,6,7). The number of anilines is 1.